The van der Waals surface area contributed by atoms with Crippen LogP contribution in [0.15, 0.2) is 24.3 Å². The first-order valence-electron chi connectivity index (χ1n) is 5.32. The summed E-state index contributed by atoms with van der Waals surface area (Å²) < 4.78 is 0. The van der Waals surface area contributed by atoms with Crippen LogP contribution < -0.4 is 11.1 Å². The summed E-state index contributed by atoms with van der Waals surface area (Å²) in [7, 11) is 3.29. The Balaban J connectivity index is 0.00000289. The van der Waals surface area contributed by atoms with Crippen molar-refractivity contribution in [1.82, 2.24) is 10.2 Å². The number of carbonyl (C=O) groups is 2. The lowest BCUT2D eigenvalue weighted by atomic mass is 10.1. The second kappa shape index (κ2) is 7.68. The fraction of sp³-hybridized carbons (Fsp3) is 0.333. The van der Waals surface area contributed by atoms with Crippen molar-refractivity contribution in [2.45, 2.75) is 6.54 Å². The van der Waals surface area contributed by atoms with E-state index in [1.54, 1.807) is 38.4 Å². The fourth-order valence-corrected chi connectivity index (χ4v) is 1.21. The molecule has 1 rings (SSSR count). The first-order chi connectivity index (χ1) is 8.04. The Morgan fingerprint density at radius 3 is 2.22 bits per heavy atom. The molecule has 0 bridgehead atoms. The number of carbonyl (C=O) groups excluding carboxylic acids is 2. The molecular formula is C12H18ClN3O2. The number of nitrogens with one attached hydrogen (secondary N) is 1. The lowest BCUT2D eigenvalue weighted by molar-refractivity contribution is -0.127. The molecule has 100 valence electrons. The van der Waals surface area contributed by atoms with E-state index in [0.29, 0.717) is 12.1 Å². The molecule has 0 fully saturated rings. The molecule has 6 heteroatoms. The molecule has 2 amide bonds. The molecule has 3 N–H and O–H groups in total. The highest BCUT2D eigenvalue weighted by Crippen LogP contribution is 2.03. The summed E-state index contributed by atoms with van der Waals surface area (Å²) >= 11 is 0. The average molecular weight is 272 g/mol. The van der Waals surface area contributed by atoms with Gasteiger partial charge in [0.2, 0.25) is 5.91 Å². The van der Waals surface area contributed by atoms with E-state index in [2.05, 4.69) is 5.32 Å². The smallest absolute Gasteiger partial charge is 0.251 e. The van der Waals surface area contributed by atoms with Crippen molar-refractivity contribution in [2.24, 2.45) is 5.73 Å². The molecule has 0 heterocycles. The molecule has 0 saturated carbocycles. The summed E-state index contributed by atoms with van der Waals surface area (Å²) in [5, 5.41) is 2.56. The van der Waals surface area contributed by atoms with Crippen LogP contribution in [0.25, 0.3) is 0 Å². The number of hydrogen-bond acceptors (Lipinski definition) is 3. The van der Waals surface area contributed by atoms with Crippen LogP contribution in [0, 0.1) is 0 Å². The van der Waals surface area contributed by atoms with Crippen molar-refractivity contribution in [3.8, 4) is 0 Å². The van der Waals surface area contributed by atoms with Crippen molar-refractivity contribution < 1.29 is 9.59 Å². The third-order valence-corrected chi connectivity index (χ3v) is 2.35. The van der Waals surface area contributed by atoms with Gasteiger partial charge in [-0.25, -0.2) is 0 Å². The third kappa shape index (κ3) is 4.73. The standard InChI is InChI=1S/C12H17N3O2.ClH/c1-15(2)11(16)8-14-12(17)10-5-3-9(7-13)4-6-10;/h3-6H,7-8,13H2,1-2H3,(H,14,17);1H. The maximum atomic E-state index is 11.7. The number of nitrogens with two attached hydrogens (primary N) is 1. The van der Waals surface area contributed by atoms with Gasteiger partial charge < -0.3 is 16.0 Å². The van der Waals surface area contributed by atoms with Crippen LogP contribution in [0.5, 0.6) is 0 Å². The molecule has 1 aromatic rings. The number of likely N-dealkylation sites (N-methyl/N-ethyl adjacent to an activating group) is 1. The van der Waals surface area contributed by atoms with Gasteiger partial charge >= 0.3 is 0 Å². The van der Waals surface area contributed by atoms with E-state index in [1.165, 1.54) is 4.90 Å². The molecule has 0 radical (unpaired) electrons. The van der Waals surface area contributed by atoms with E-state index in [4.69, 9.17) is 5.73 Å². The normalized spacial score (nSPS) is 9.28. The molecule has 0 aliphatic carbocycles. The summed E-state index contributed by atoms with van der Waals surface area (Å²) in [6.07, 6.45) is 0. The van der Waals surface area contributed by atoms with Gasteiger partial charge in [-0.2, -0.15) is 0 Å². The van der Waals surface area contributed by atoms with Crippen molar-refractivity contribution in [3.05, 3.63) is 35.4 Å². The van der Waals surface area contributed by atoms with Gasteiger partial charge in [-0.3, -0.25) is 9.59 Å². The number of nitrogens with zero attached hydrogens (tertiary/aromatic N) is 1. The van der Waals surface area contributed by atoms with E-state index >= 15 is 0 Å². The van der Waals surface area contributed by atoms with Gasteiger partial charge in [0.1, 0.15) is 0 Å². The Morgan fingerprint density at radius 1 is 1.22 bits per heavy atom. The number of halogens is 1. The Kier molecular flexibility index (Phi) is 7.00. The quantitative estimate of drug-likeness (QED) is 0.832. The molecule has 0 spiro atoms. The Labute approximate surface area is 113 Å². The van der Waals surface area contributed by atoms with Crippen LogP contribution in [0.2, 0.25) is 0 Å². The van der Waals surface area contributed by atoms with Crippen LogP contribution in [-0.4, -0.2) is 37.4 Å². The lowest BCUT2D eigenvalue weighted by Gasteiger charge is -2.11. The summed E-state index contributed by atoms with van der Waals surface area (Å²) in [5.74, 6) is -0.402. The van der Waals surface area contributed by atoms with E-state index in [9.17, 15) is 9.59 Å². The molecule has 0 aliphatic rings. The van der Waals surface area contributed by atoms with Gasteiger partial charge in [0.15, 0.2) is 0 Å². The van der Waals surface area contributed by atoms with Crippen molar-refractivity contribution in [2.75, 3.05) is 20.6 Å². The molecule has 0 saturated heterocycles. The highest BCUT2D eigenvalue weighted by molar-refractivity contribution is 5.96. The Morgan fingerprint density at radius 2 is 1.78 bits per heavy atom. The molecule has 0 aliphatic heterocycles. The van der Waals surface area contributed by atoms with Crippen LogP contribution in [0.3, 0.4) is 0 Å². The van der Waals surface area contributed by atoms with E-state index in [0.717, 1.165) is 5.56 Å². The molecule has 1 aromatic carbocycles. The number of amides is 2. The maximum Gasteiger partial charge on any atom is 0.251 e. The third-order valence-electron chi connectivity index (χ3n) is 2.35. The van der Waals surface area contributed by atoms with Gasteiger partial charge in [-0.05, 0) is 17.7 Å². The van der Waals surface area contributed by atoms with E-state index in [-0.39, 0.29) is 30.8 Å². The summed E-state index contributed by atoms with van der Waals surface area (Å²) in [4.78, 5) is 24.4. The maximum absolute atomic E-state index is 11.7. The minimum Gasteiger partial charge on any atom is -0.347 e. The highest BCUT2D eigenvalue weighted by Gasteiger charge is 2.08. The van der Waals surface area contributed by atoms with Crippen LogP contribution in [0.1, 0.15) is 15.9 Å². The van der Waals surface area contributed by atoms with E-state index < -0.39 is 0 Å². The first kappa shape index (κ1) is 16.4. The average Bonchev–Trinajstić information content (AvgIpc) is 2.35. The van der Waals surface area contributed by atoms with Crippen molar-refractivity contribution in [3.63, 3.8) is 0 Å². The number of benzene rings is 1. The van der Waals surface area contributed by atoms with Gasteiger partial charge in [-0.15, -0.1) is 12.4 Å². The highest BCUT2D eigenvalue weighted by atomic mass is 35.5. The minimum absolute atomic E-state index is 0. The molecule has 0 aromatic heterocycles. The molecule has 0 unspecified atom stereocenters. The first-order valence-corrected chi connectivity index (χ1v) is 5.32. The Bertz CT molecular complexity index is 404. The molecular weight excluding hydrogens is 254 g/mol. The zero-order chi connectivity index (χ0) is 12.8. The molecule has 5 nitrogen and oxygen atoms in total. The van der Waals surface area contributed by atoms with Crippen LogP contribution in [-0.2, 0) is 11.3 Å². The zero-order valence-corrected chi connectivity index (χ0v) is 11.3. The van der Waals surface area contributed by atoms with Gasteiger partial charge in [0.25, 0.3) is 5.91 Å². The second-order valence-electron chi connectivity index (χ2n) is 3.87. The second-order valence-corrected chi connectivity index (χ2v) is 3.87. The predicted octanol–water partition coefficient (Wildman–Crippen LogP) is 0.385. The number of rotatable bonds is 4. The zero-order valence-electron chi connectivity index (χ0n) is 10.5. The number of hydrogen-bond donors (Lipinski definition) is 2. The minimum atomic E-state index is -0.260. The van der Waals surface area contributed by atoms with Gasteiger partial charge in [-0.1, -0.05) is 12.1 Å². The molecule has 0 atom stereocenters. The Hall–Kier alpha value is -1.59. The monoisotopic (exact) mass is 271 g/mol. The molecule has 18 heavy (non-hydrogen) atoms. The fourth-order valence-electron chi connectivity index (χ4n) is 1.21. The lowest BCUT2D eigenvalue weighted by Crippen LogP contribution is -2.36. The largest absolute Gasteiger partial charge is 0.347 e. The van der Waals surface area contributed by atoms with E-state index in [1.807, 2.05) is 0 Å². The van der Waals surface area contributed by atoms with Crippen molar-refractivity contribution >= 4 is 24.2 Å². The van der Waals surface area contributed by atoms with Crippen LogP contribution in [0.4, 0.5) is 0 Å². The topological polar surface area (TPSA) is 75.4 Å². The van der Waals surface area contributed by atoms with Gasteiger partial charge in [0.05, 0.1) is 6.54 Å². The van der Waals surface area contributed by atoms with Crippen LogP contribution >= 0.6 is 12.4 Å². The predicted molar refractivity (Wildman–Crippen MR) is 72.6 cm³/mol. The van der Waals surface area contributed by atoms with Gasteiger partial charge in [0, 0.05) is 26.2 Å². The van der Waals surface area contributed by atoms with Crippen molar-refractivity contribution in [1.29, 1.82) is 0 Å². The summed E-state index contributed by atoms with van der Waals surface area (Å²) in [6.45, 7) is 0.450. The SMILES string of the molecule is CN(C)C(=O)CNC(=O)c1ccc(CN)cc1.Cl. The summed E-state index contributed by atoms with van der Waals surface area (Å²) in [6, 6.07) is 6.97. The summed E-state index contributed by atoms with van der Waals surface area (Å²) in [5.41, 5.74) is 6.94.